The highest BCUT2D eigenvalue weighted by Gasteiger charge is 2.48. The highest BCUT2D eigenvalue weighted by Crippen LogP contribution is 2.34. The van der Waals surface area contributed by atoms with Crippen LogP contribution in [0.1, 0.15) is 67.7 Å². The van der Waals surface area contributed by atoms with Crippen molar-refractivity contribution in [2.75, 3.05) is 6.67 Å². The van der Waals surface area contributed by atoms with Crippen LogP contribution >= 0.6 is 0 Å². The minimum Gasteiger partial charge on any atom is -0.444 e. The Morgan fingerprint density at radius 1 is 1.00 bits per heavy atom. The standard InChI is InChI=1S/C18H33N3O3/c1-12(22)20-11-21(16(23)24-18(5,6)7)14-9-8-13(10-15(14)20)19-17(2,3)4/h13-15,19H,8-11H2,1-7H3/t13-,14+,15-/m1/s1. The average Bonchev–Trinajstić information content (AvgIpc) is 2.73. The summed E-state index contributed by atoms with van der Waals surface area (Å²) in [5.41, 5.74) is -0.483. The lowest BCUT2D eigenvalue weighted by molar-refractivity contribution is -0.130. The third-order valence-corrected chi connectivity index (χ3v) is 4.56. The number of nitrogens with one attached hydrogen (secondary N) is 1. The molecule has 1 aliphatic heterocycles. The molecule has 1 saturated carbocycles. The SMILES string of the molecule is CC(=O)N1CN(C(=O)OC(C)(C)C)[C@H]2CC[C@@H](NC(C)(C)C)C[C@H]21. The summed E-state index contributed by atoms with van der Waals surface area (Å²) in [6.07, 6.45) is 2.45. The molecule has 3 atom stereocenters. The maximum Gasteiger partial charge on any atom is 0.412 e. The number of rotatable bonds is 1. The Balaban J connectivity index is 2.12. The number of carbonyl (C=O) groups is 2. The van der Waals surface area contributed by atoms with Crippen molar-refractivity contribution in [3.05, 3.63) is 0 Å². The van der Waals surface area contributed by atoms with E-state index in [4.69, 9.17) is 4.74 Å². The van der Waals surface area contributed by atoms with Crippen LogP contribution in [0.5, 0.6) is 0 Å². The highest BCUT2D eigenvalue weighted by molar-refractivity contribution is 5.76. The van der Waals surface area contributed by atoms with Crippen molar-refractivity contribution in [2.24, 2.45) is 0 Å². The molecule has 2 rings (SSSR count). The van der Waals surface area contributed by atoms with Gasteiger partial charge in [0, 0.05) is 18.5 Å². The number of hydrogen-bond acceptors (Lipinski definition) is 4. The Morgan fingerprint density at radius 2 is 1.62 bits per heavy atom. The summed E-state index contributed by atoms with van der Waals surface area (Å²) in [5.74, 6) is 0.0208. The van der Waals surface area contributed by atoms with Crippen molar-refractivity contribution in [1.82, 2.24) is 15.1 Å². The fourth-order valence-electron chi connectivity index (χ4n) is 3.79. The van der Waals surface area contributed by atoms with Gasteiger partial charge in [-0.05, 0) is 60.8 Å². The zero-order valence-corrected chi connectivity index (χ0v) is 16.2. The molecule has 0 aromatic carbocycles. The molecule has 1 heterocycles. The van der Waals surface area contributed by atoms with E-state index in [1.807, 2.05) is 25.7 Å². The minimum atomic E-state index is -0.527. The fourth-order valence-corrected chi connectivity index (χ4v) is 3.79. The molecule has 0 bridgehead atoms. The van der Waals surface area contributed by atoms with Gasteiger partial charge < -0.3 is 15.0 Å². The van der Waals surface area contributed by atoms with Gasteiger partial charge in [0.2, 0.25) is 5.91 Å². The van der Waals surface area contributed by atoms with Gasteiger partial charge in [-0.2, -0.15) is 0 Å². The molecule has 1 saturated heterocycles. The maximum atomic E-state index is 12.5. The van der Waals surface area contributed by atoms with Gasteiger partial charge in [0.25, 0.3) is 0 Å². The predicted octanol–water partition coefficient (Wildman–Crippen LogP) is 2.72. The van der Waals surface area contributed by atoms with Crippen LogP contribution in [0.25, 0.3) is 0 Å². The molecule has 24 heavy (non-hydrogen) atoms. The van der Waals surface area contributed by atoms with Crippen LogP contribution in [-0.4, -0.2) is 57.7 Å². The number of hydrogen-bond donors (Lipinski definition) is 1. The van der Waals surface area contributed by atoms with Crippen LogP contribution in [-0.2, 0) is 9.53 Å². The lowest BCUT2D eigenvalue weighted by Gasteiger charge is -2.39. The molecule has 0 aromatic rings. The monoisotopic (exact) mass is 339 g/mol. The third kappa shape index (κ3) is 4.62. The molecule has 0 radical (unpaired) electrons. The molecule has 6 heteroatoms. The van der Waals surface area contributed by atoms with Crippen LogP contribution in [0.4, 0.5) is 4.79 Å². The molecule has 0 unspecified atom stereocenters. The van der Waals surface area contributed by atoms with Gasteiger partial charge in [-0.1, -0.05) is 0 Å². The molecule has 0 spiro atoms. The van der Waals surface area contributed by atoms with Crippen molar-refractivity contribution in [2.45, 2.75) is 97.0 Å². The van der Waals surface area contributed by atoms with Gasteiger partial charge in [-0.3, -0.25) is 9.69 Å². The second kappa shape index (κ2) is 6.54. The van der Waals surface area contributed by atoms with Crippen LogP contribution in [0.2, 0.25) is 0 Å². The predicted molar refractivity (Wildman–Crippen MR) is 93.6 cm³/mol. The van der Waals surface area contributed by atoms with Crippen LogP contribution in [0.3, 0.4) is 0 Å². The van der Waals surface area contributed by atoms with Gasteiger partial charge >= 0.3 is 6.09 Å². The van der Waals surface area contributed by atoms with E-state index in [9.17, 15) is 9.59 Å². The normalized spacial score (nSPS) is 27.9. The number of carbonyl (C=O) groups excluding carboxylic acids is 2. The Hall–Kier alpha value is -1.30. The molecule has 2 amide bonds. The first-order valence-corrected chi connectivity index (χ1v) is 8.92. The van der Waals surface area contributed by atoms with Gasteiger partial charge in [0.1, 0.15) is 5.60 Å². The lowest BCUT2D eigenvalue weighted by Crippen LogP contribution is -2.53. The molecule has 1 N–H and O–H groups in total. The van der Waals surface area contributed by atoms with Crippen LogP contribution < -0.4 is 5.32 Å². The lowest BCUT2D eigenvalue weighted by atomic mass is 9.85. The summed E-state index contributed by atoms with van der Waals surface area (Å²) < 4.78 is 5.54. The Bertz CT molecular complexity index is 493. The first kappa shape index (κ1) is 19.0. The topological polar surface area (TPSA) is 61.9 Å². The van der Waals surface area contributed by atoms with Crippen molar-refractivity contribution in [3.8, 4) is 0 Å². The zero-order valence-electron chi connectivity index (χ0n) is 16.2. The van der Waals surface area contributed by atoms with E-state index in [1.165, 1.54) is 0 Å². The zero-order chi connectivity index (χ0) is 18.3. The molecule has 0 aromatic heterocycles. The van der Waals surface area contributed by atoms with E-state index in [-0.39, 0.29) is 29.6 Å². The number of ether oxygens (including phenoxy) is 1. The highest BCUT2D eigenvalue weighted by atomic mass is 16.6. The summed E-state index contributed by atoms with van der Waals surface area (Å²) >= 11 is 0. The summed E-state index contributed by atoms with van der Waals surface area (Å²) in [7, 11) is 0. The van der Waals surface area contributed by atoms with E-state index in [0.717, 1.165) is 19.3 Å². The largest absolute Gasteiger partial charge is 0.444 e. The minimum absolute atomic E-state index is 0.0208. The summed E-state index contributed by atoms with van der Waals surface area (Å²) in [6.45, 7) is 14.0. The second-order valence-electron chi connectivity index (χ2n) is 9.12. The van der Waals surface area contributed by atoms with E-state index in [1.54, 1.807) is 11.8 Å². The van der Waals surface area contributed by atoms with Crippen molar-refractivity contribution < 1.29 is 14.3 Å². The van der Waals surface area contributed by atoms with Crippen molar-refractivity contribution in [1.29, 1.82) is 0 Å². The van der Waals surface area contributed by atoms with E-state index < -0.39 is 5.60 Å². The second-order valence-corrected chi connectivity index (χ2v) is 9.12. The first-order chi connectivity index (χ1) is 10.9. The van der Waals surface area contributed by atoms with E-state index in [2.05, 4.69) is 26.1 Å². The van der Waals surface area contributed by atoms with Crippen LogP contribution in [0.15, 0.2) is 0 Å². The number of amides is 2. The molecule has 6 nitrogen and oxygen atoms in total. The van der Waals surface area contributed by atoms with Gasteiger partial charge in [0.15, 0.2) is 0 Å². The fraction of sp³-hybridized carbons (Fsp3) is 0.889. The maximum absolute atomic E-state index is 12.5. The molecular weight excluding hydrogens is 306 g/mol. The van der Waals surface area contributed by atoms with E-state index in [0.29, 0.717) is 12.7 Å². The summed E-state index contributed by atoms with van der Waals surface area (Å²) in [6, 6.07) is 0.497. The molecule has 138 valence electrons. The Kier molecular flexibility index (Phi) is 5.19. The quantitative estimate of drug-likeness (QED) is 0.798. The van der Waals surface area contributed by atoms with Crippen molar-refractivity contribution in [3.63, 3.8) is 0 Å². The molecular formula is C18H33N3O3. The van der Waals surface area contributed by atoms with Gasteiger partial charge in [-0.25, -0.2) is 4.79 Å². The van der Waals surface area contributed by atoms with Crippen molar-refractivity contribution >= 4 is 12.0 Å². The third-order valence-electron chi connectivity index (χ3n) is 4.56. The Labute approximate surface area is 145 Å². The van der Waals surface area contributed by atoms with Gasteiger partial charge in [0.05, 0.1) is 18.8 Å². The smallest absolute Gasteiger partial charge is 0.412 e. The number of nitrogens with zero attached hydrogens (tertiary/aromatic N) is 2. The molecule has 2 aliphatic rings. The molecule has 1 aliphatic carbocycles. The first-order valence-electron chi connectivity index (χ1n) is 8.92. The Morgan fingerprint density at radius 3 is 2.12 bits per heavy atom. The molecule has 2 fully saturated rings. The summed E-state index contributed by atoms with van der Waals surface area (Å²) in [5, 5.41) is 3.64. The van der Waals surface area contributed by atoms with Gasteiger partial charge in [-0.15, -0.1) is 0 Å². The average molecular weight is 339 g/mol. The van der Waals surface area contributed by atoms with E-state index >= 15 is 0 Å². The van der Waals surface area contributed by atoms with Crippen LogP contribution in [0, 0.1) is 0 Å². The number of fused-ring (bicyclic) bond motifs is 1. The summed E-state index contributed by atoms with van der Waals surface area (Å²) in [4.78, 5) is 28.2.